The maximum absolute atomic E-state index is 17.2. The minimum absolute atomic E-state index is 0.0544. The zero-order valence-electron chi connectivity index (χ0n) is 24.6. The summed E-state index contributed by atoms with van der Waals surface area (Å²) in [6, 6.07) is 24.7. The Morgan fingerprint density at radius 1 is 0.756 bits per heavy atom. The van der Waals surface area contributed by atoms with Gasteiger partial charge in [-0.3, -0.25) is 0 Å². The first kappa shape index (κ1) is 28.4. The van der Waals surface area contributed by atoms with Gasteiger partial charge in [0.1, 0.15) is 0 Å². The molecule has 4 aromatic rings. The number of allylic oxidation sites excluding steroid dienone is 1. The molecule has 6 rings (SSSR count). The summed E-state index contributed by atoms with van der Waals surface area (Å²) in [6.45, 7) is 10.4. The molecule has 0 radical (unpaired) electrons. The average molecular weight is 678 g/mol. The molecule has 2 unspecified atom stereocenters. The number of fused-ring (bicyclic) bond motifs is 2. The Kier molecular flexibility index (Phi) is 7.31. The Bertz CT molecular complexity index is 1720. The monoisotopic (exact) mass is 680 g/mol. The number of rotatable bonds is 5. The van der Waals surface area contributed by atoms with Crippen molar-refractivity contribution in [2.24, 2.45) is 0 Å². The fourth-order valence-electron chi connectivity index (χ4n) is 7.20. The molecule has 210 valence electrons. The molecule has 2 nitrogen and oxygen atoms in total. The molecule has 2 aliphatic heterocycles. The van der Waals surface area contributed by atoms with Crippen LogP contribution in [0.2, 0.25) is 0 Å². The predicted molar refractivity (Wildman–Crippen MR) is 170 cm³/mol. The van der Waals surface area contributed by atoms with Gasteiger partial charge in [0.05, 0.1) is 0 Å². The molecule has 0 amide bonds. The van der Waals surface area contributed by atoms with E-state index in [0.717, 1.165) is 31.5 Å². The van der Waals surface area contributed by atoms with E-state index in [2.05, 4.69) is 71.0 Å². The molecule has 41 heavy (non-hydrogen) atoms. The second-order valence-electron chi connectivity index (χ2n) is 11.5. The summed E-state index contributed by atoms with van der Waals surface area (Å²) in [5.41, 5.74) is 9.13. The van der Waals surface area contributed by atoms with E-state index in [1.54, 1.807) is 0 Å². The van der Waals surface area contributed by atoms with Gasteiger partial charge >= 0.3 is 256 Å². The van der Waals surface area contributed by atoms with Crippen LogP contribution in [0.25, 0.3) is 0 Å². The van der Waals surface area contributed by atoms with Crippen LogP contribution in [0.3, 0.4) is 0 Å². The molecule has 0 saturated heterocycles. The second-order valence-corrected chi connectivity index (χ2v) is 16.0. The van der Waals surface area contributed by atoms with Crippen LogP contribution in [0.1, 0.15) is 59.0 Å². The van der Waals surface area contributed by atoms with Crippen molar-refractivity contribution in [3.05, 3.63) is 122 Å². The second kappa shape index (κ2) is 10.5. The maximum atomic E-state index is 17.2. The van der Waals surface area contributed by atoms with E-state index in [9.17, 15) is 0 Å². The van der Waals surface area contributed by atoms with Crippen molar-refractivity contribution in [1.29, 1.82) is 0 Å². The number of nitrogens with zero attached hydrogens (tertiary/aromatic N) is 2. The van der Waals surface area contributed by atoms with Gasteiger partial charge in [-0.1, -0.05) is 0 Å². The van der Waals surface area contributed by atoms with E-state index in [1.165, 1.54) is 40.1 Å². The molecule has 0 saturated carbocycles. The SMILES string of the molecule is CC1=C([Se]c2ccccc2)C(C)=[N+]2C1C(c1c(C)cc(C)cc1C)c1c(C)c([Se]c3ccccc3)c(C)n1[B-]2(F)F. The molecule has 3 heterocycles. The molecular weight excluding hydrogens is 643 g/mol. The van der Waals surface area contributed by atoms with Crippen LogP contribution in [0.15, 0.2) is 82.8 Å². The van der Waals surface area contributed by atoms with Crippen LogP contribution in [-0.4, -0.2) is 57.6 Å². The third-order valence-electron chi connectivity index (χ3n) is 8.72. The molecule has 7 heteroatoms. The van der Waals surface area contributed by atoms with Crippen molar-refractivity contribution in [2.45, 2.75) is 60.4 Å². The number of hydrogen-bond donors (Lipinski definition) is 0. The fraction of sp³-hybridized carbons (Fsp3) is 0.265. The summed E-state index contributed by atoms with van der Waals surface area (Å²) in [5.74, 6) is -0.185. The quantitative estimate of drug-likeness (QED) is 0.257. The molecule has 0 N–H and O–H groups in total. The zero-order valence-corrected chi connectivity index (χ0v) is 28.1. The summed E-state index contributed by atoms with van der Waals surface area (Å²) < 4.78 is 41.9. The summed E-state index contributed by atoms with van der Waals surface area (Å²) in [7, 11) is 0. The third-order valence-corrected chi connectivity index (χ3v) is 14.3. The van der Waals surface area contributed by atoms with E-state index in [0.29, 0.717) is 5.69 Å². The van der Waals surface area contributed by atoms with Crippen molar-refractivity contribution in [1.82, 2.24) is 4.48 Å². The van der Waals surface area contributed by atoms with E-state index in [1.807, 2.05) is 50.2 Å². The zero-order chi connectivity index (χ0) is 29.2. The van der Waals surface area contributed by atoms with Gasteiger partial charge in [-0.05, 0) is 0 Å². The Morgan fingerprint density at radius 2 is 1.29 bits per heavy atom. The Labute approximate surface area is 254 Å². The van der Waals surface area contributed by atoms with Crippen LogP contribution < -0.4 is 13.4 Å². The van der Waals surface area contributed by atoms with Gasteiger partial charge in [0.2, 0.25) is 0 Å². The first-order valence-corrected chi connectivity index (χ1v) is 17.5. The summed E-state index contributed by atoms with van der Waals surface area (Å²) in [5, 5.41) is 0. The van der Waals surface area contributed by atoms with Gasteiger partial charge in [0, 0.05) is 0 Å². The molecule has 2 atom stereocenters. The van der Waals surface area contributed by atoms with E-state index in [4.69, 9.17) is 0 Å². The van der Waals surface area contributed by atoms with Gasteiger partial charge < -0.3 is 0 Å². The number of aryl methyl sites for hydroxylation is 3. The minimum atomic E-state index is -4.05. The standard InChI is InChI=1S/C34H35BF2N2Se2/c1-20-18-21(2)29(22(3)19-20)30-31-23(4)33(40-27-14-10-8-11-15-27)25(6)38(31)35(36,37)39-26(7)34(24(5)32(30)39)41-28-16-12-9-13-17-28/h8-19,30-31H,1-7H3. The average Bonchev–Trinajstić information content (AvgIpc) is 3.33. The van der Waals surface area contributed by atoms with E-state index in [-0.39, 0.29) is 35.8 Å². The molecule has 3 aromatic carbocycles. The Morgan fingerprint density at radius 3 is 1.85 bits per heavy atom. The molecule has 0 bridgehead atoms. The van der Waals surface area contributed by atoms with Gasteiger partial charge in [-0.15, -0.1) is 0 Å². The Balaban J connectivity index is 1.64. The number of halogens is 2. The van der Waals surface area contributed by atoms with Gasteiger partial charge in [0.25, 0.3) is 0 Å². The number of hydrogen-bond acceptors (Lipinski definition) is 0. The predicted octanol–water partition coefficient (Wildman–Crippen LogP) is 5.21. The Hall–Kier alpha value is -2.69. The molecular formula is C34H35BF2N2Se2. The van der Waals surface area contributed by atoms with Crippen molar-refractivity contribution >= 4 is 56.0 Å². The first-order chi connectivity index (χ1) is 19.5. The summed E-state index contributed by atoms with van der Waals surface area (Å²) in [4.78, 5) is 0. The number of aromatic nitrogens is 1. The summed E-state index contributed by atoms with van der Waals surface area (Å²) >= 11 is -0.120. The molecule has 0 aliphatic carbocycles. The van der Waals surface area contributed by atoms with Gasteiger partial charge in [0.15, 0.2) is 0 Å². The van der Waals surface area contributed by atoms with E-state index >= 15 is 8.63 Å². The van der Waals surface area contributed by atoms with Crippen LogP contribution in [0, 0.1) is 34.6 Å². The summed E-state index contributed by atoms with van der Waals surface area (Å²) in [6.07, 6.45) is 0. The van der Waals surface area contributed by atoms with Crippen molar-refractivity contribution < 1.29 is 13.1 Å². The molecule has 1 aromatic heterocycles. The first-order valence-electron chi connectivity index (χ1n) is 14.1. The third kappa shape index (κ3) is 4.53. The van der Waals surface area contributed by atoms with Gasteiger partial charge in [-0.2, -0.15) is 0 Å². The topological polar surface area (TPSA) is 7.94 Å². The van der Waals surface area contributed by atoms with Crippen LogP contribution in [-0.2, 0) is 0 Å². The van der Waals surface area contributed by atoms with Gasteiger partial charge in [-0.25, -0.2) is 0 Å². The van der Waals surface area contributed by atoms with Crippen molar-refractivity contribution in [3.63, 3.8) is 0 Å². The molecule has 2 aliphatic rings. The van der Waals surface area contributed by atoms with Crippen LogP contribution >= 0.6 is 0 Å². The molecule has 0 spiro atoms. The number of benzene rings is 3. The van der Waals surface area contributed by atoms with Crippen LogP contribution in [0.4, 0.5) is 8.63 Å². The van der Waals surface area contributed by atoms with Crippen molar-refractivity contribution in [3.8, 4) is 0 Å². The fourth-order valence-corrected chi connectivity index (χ4v) is 11.6. The van der Waals surface area contributed by atoms with Crippen molar-refractivity contribution in [2.75, 3.05) is 0 Å². The van der Waals surface area contributed by atoms with E-state index < -0.39 is 13.0 Å². The van der Waals surface area contributed by atoms with Crippen LogP contribution in [0.5, 0.6) is 0 Å². The molecule has 0 fully saturated rings. The normalized spacial score (nSPS) is 19.5.